The molecule has 2 aromatic heterocycles. The summed E-state index contributed by atoms with van der Waals surface area (Å²) in [7, 11) is -3.80. The summed E-state index contributed by atoms with van der Waals surface area (Å²) in [6.45, 7) is 2.12. The summed E-state index contributed by atoms with van der Waals surface area (Å²) in [6, 6.07) is 4.78. The maximum Gasteiger partial charge on any atom is 0.263 e. The Balaban J connectivity index is 2.15. The Morgan fingerprint density at radius 1 is 1.48 bits per heavy atom. The number of nitrogens with zero attached hydrogens (tertiary/aromatic N) is 3. The van der Waals surface area contributed by atoms with Crippen molar-refractivity contribution < 1.29 is 13.5 Å². The fraction of sp³-hybridized carbons (Fsp3) is 0.462. The van der Waals surface area contributed by atoms with E-state index in [1.165, 1.54) is 8.71 Å². The number of aliphatic hydroxyl groups excluding tert-OH is 1. The van der Waals surface area contributed by atoms with Crippen molar-refractivity contribution in [2.75, 3.05) is 18.9 Å². The molecule has 0 bridgehead atoms. The number of aliphatic hydroxyl groups is 1. The molecule has 3 N–H and O–H groups in total. The second kappa shape index (κ2) is 4.97. The first kappa shape index (κ1) is 14.3. The molecule has 1 saturated heterocycles. The molecule has 3 heterocycles. The van der Waals surface area contributed by atoms with Gasteiger partial charge in [-0.3, -0.25) is 4.40 Å². The van der Waals surface area contributed by atoms with E-state index in [2.05, 4.69) is 4.98 Å². The molecule has 1 aliphatic rings. The lowest BCUT2D eigenvalue weighted by atomic mass is 10.0. The minimum atomic E-state index is -3.80. The average molecular weight is 310 g/mol. The molecule has 0 spiro atoms. The van der Waals surface area contributed by atoms with Crippen molar-refractivity contribution in [1.82, 2.24) is 13.7 Å². The van der Waals surface area contributed by atoms with Gasteiger partial charge in [-0.25, -0.2) is 13.4 Å². The molecule has 0 radical (unpaired) electrons. The van der Waals surface area contributed by atoms with E-state index in [1.807, 2.05) is 6.92 Å². The van der Waals surface area contributed by atoms with E-state index in [9.17, 15) is 13.5 Å². The zero-order valence-electron chi connectivity index (χ0n) is 11.7. The third-order valence-corrected chi connectivity index (χ3v) is 6.05. The Kier molecular flexibility index (Phi) is 3.39. The van der Waals surface area contributed by atoms with Crippen LogP contribution in [0.3, 0.4) is 0 Å². The van der Waals surface area contributed by atoms with Gasteiger partial charge in [-0.2, -0.15) is 4.31 Å². The van der Waals surface area contributed by atoms with Gasteiger partial charge in [-0.1, -0.05) is 13.0 Å². The van der Waals surface area contributed by atoms with Gasteiger partial charge in [0, 0.05) is 12.7 Å². The molecule has 1 aliphatic heterocycles. The van der Waals surface area contributed by atoms with Crippen LogP contribution in [-0.2, 0) is 10.0 Å². The standard InChI is InChI=1S/C13H18N4O3S/c1-9-5-7-17(10(9)8-18)21(19,20)13-12(14)15-11-4-2-3-6-16(11)13/h2-4,6,9-10,18H,5,7-8,14H2,1H3. The highest BCUT2D eigenvalue weighted by molar-refractivity contribution is 7.89. The van der Waals surface area contributed by atoms with Crippen LogP contribution in [0.2, 0.25) is 0 Å². The summed E-state index contributed by atoms with van der Waals surface area (Å²) in [5.74, 6) is 0.0997. The molecule has 8 heteroatoms. The smallest absolute Gasteiger partial charge is 0.263 e. The van der Waals surface area contributed by atoms with Crippen molar-refractivity contribution in [1.29, 1.82) is 0 Å². The Morgan fingerprint density at radius 2 is 2.24 bits per heavy atom. The number of pyridine rings is 1. The zero-order chi connectivity index (χ0) is 15.2. The highest BCUT2D eigenvalue weighted by Crippen LogP contribution is 2.32. The molecule has 2 unspecified atom stereocenters. The van der Waals surface area contributed by atoms with Gasteiger partial charge in [0.15, 0.2) is 10.8 Å². The molecule has 2 aromatic rings. The lowest BCUT2D eigenvalue weighted by Gasteiger charge is -2.24. The van der Waals surface area contributed by atoms with Gasteiger partial charge >= 0.3 is 0 Å². The van der Waals surface area contributed by atoms with Gasteiger partial charge in [-0.05, 0) is 24.5 Å². The van der Waals surface area contributed by atoms with Crippen molar-refractivity contribution in [2.45, 2.75) is 24.4 Å². The van der Waals surface area contributed by atoms with E-state index in [-0.39, 0.29) is 23.4 Å². The van der Waals surface area contributed by atoms with Crippen molar-refractivity contribution in [2.24, 2.45) is 5.92 Å². The zero-order valence-corrected chi connectivity index (χ0v) is 12.5. The van der Waals surface area contributed by atoms with Crippen molar-refractivity contribution in [3.8, 4) is 0 Å². The number of aromatic nitrogens is 2. The number of rotatable bonds is 3. The molecule has 0 saturated carbocycles. The van der Waals surface area contributed by atoms with Crippen molar-refractivity contribution in [3.05, 3.63) is 24.4 Å². The van der Waals surface area contributed by atoms with Crippen LogP contribution in [0, 0.1) is 5.92 Å². The molecule has 0 aliphatic carbocycles. The van der Waals surface area contributed by atoms with Crippen LogP contribution in [0.15, 0.2) is 29.4 Å². The highest BCUT2D eigenvalue weighted by atomic mass is 32.2. The van der Waals surface area contributed by atoms with Gasteiger partial charge in [0.25, 0.3) is 10.0 Å². The molecule has 2 atom stereocenters. The largest absolute Gasteiger partial charge is 0.395 e. The van der Waals surface area contributed by atoms with Crippen molar-refractivity contribution >= 4 is 21.5 Å². The van der Waals surface area contributed by atoms with Crippen LogP contribution in [-0.4, -0.2) is 46.4 Å². The first-order valence-electron chi connectivity index (χ1n) is 6.82. The van der Waals surface area contributed by atoms with Crippen LogP contribution in [0.25, 0.3) is 5.65 Å². The number of nitrogen functional groups attached to an aromatic ring is 1. The number of hydrogen-bond donors (Lipinski definition) is 2. The Labute approximate surface area is 123 Å². The third-order valence-electron chi connectivity index (χ3n) is 4.08. The molecule has 0 aromatic carbocycles. The molecule has 21 heavy (non-hydrogen) atoms. The number of anilines is 1. The average Bonchev–Trinajstić information content (AvgIpc) is 2.98. The first-order chi connectivity index (χ1) is 9.96. The summed E-state index contributed by atoms with van der Waals surface area (Å²) in [6.07, 6.45) is 2.35. The molecule has 0 amide bonds. The van der Waals surface area contributed by atoms with Crippen LogP contribution in [0.1, 0.15) is 13.3 Å². The molecular weight excluding hydrogens is 292 g/mol. The molecular formula is C13H18N4O3S. The fourth-order valence-corrected chi connectivity index (χ4v) is 4.81. The van der Waals surface area contributed by atoms with E-state index in [1.54, 1.807) is 24.4 Å². The Morgan fingerprint density at radius 3 is 2.95 bits per heavy atom. The van der Waals surface area contributed by atoms with Crippen LogP contribution in [0.4, 0.5) is 5.82 Å². The van der Waals surface area contributed by atoms with E-state index in [0.717, 1.165) is 6.42 Å². The maximum absolute atomic E-state index is 12.9. The second-order valence-corrected chi connectivity index (χ2v) is 7.17. The normalized spacial score (nSPS) is 23.9. The summed E-state index contributed by atoms with van der Waals surface area (Å²) >= 11 is 0. The molecule has 114 valence electrons. The third kappa shape index (κ3) is 2.10. The summed E-state index contributed by atoms with van der Waals surface area (Å²) in [5, 5.41) is 9.47. The van der Waals surface area contributed by atoms with Crippen LogP contribution in [0.5, 0.6) is 0 Å². The monoisotopic (exact) mass is 310 g/mol. The number of imidazole rings is 1. The molecule has 7 nitrogen and oxygen atoms in total. The van der Waals surface area contributed by atoms with Gasteiger partial charge in [-0.15, -0.1) is 0 Å². The van der Waals surface area contributed by atoms with Gasteiger partial charge in [0.05, 0.1) is 12.6 Å². The lowest BCUT2D eigenvalue weighted by Crippen LogP contribution is -2.40. The predicted molar refractivity (Wildman–Crippen MR) is 78.2 cm³/mol. The Hall–Kier alpha value is -1.64. The lowest BCUT2D eigenvalue weighted by molar-refractivity contribution is 0.191. The van der Waals surface area contributed by atoms with Gasteiger partial charge < -0.3 is 10.8 Å². The van der Waals surface area contributed by atoms with Crippen LogP contribution >= 0.6 is 0 Å². The van der Waals surface area contributed by atoms with E-state index in [4.69, 9.17) is 5.73 Å². The van der Waals surface area contributed by atoms with Gasteiger partial charge in [0.1, 0.15) is 5.65 Å². The summed E-state index contributed by atoms with van der Waals surface area (Å²) in [5.41, 5.74) is 6.32. The quantitative estimate of drug-likeness (QED) is 0.849. The minimum absolute atomic E-state index is 0.0163. The van der Waals surface area contributed by atoms with Gasteiger partial charge in [0.2, 0.25) is 0 Å². The predicted octanol–water partition coefficient (Wildman–Crippen LogP) is 0.308. The first-order valence-corrected chi connectivity index (χ1v) is 8.26. The fourth-order valence-electron chi connectivity index (χ4n) is 2.90. The summed E-state index contributed by atoms with van der Waals surface area (Å²) < 4.78 is 28.7. The van der Waals surface area contributed by atoms with Crippen molar-refractivity contribution in [3.63, 3.8) is 0 Å². The van der Waals surface area contributed by atoms with E-state index < -0.39 is 16.1 Å². The SMILES string of the molecule is CC1CCN(S(=O)(=O)c2c(N)nc3ccccn23)C1CO. The maximum atomic E-state index is 12.9. The molecule has 3 rings (SSSR count). The number of hydrogen-bond acceptors (Lipinski definition) is 5. The second-order valence-electron chi connectivity index (χ2n) is 5.36. The van der Waals surface area contributed by atoms with E-state index >= 15 is 0 Å². The van der Waals surface area contributed by atoms with E-state index in [0.29, 0.717) is 12.2 Å². The minimum Gasteiger partial charge on any atom is -0.395 e. The summed E-state index contributed by atoms with van der Waals surface area (Å²) in [4.78, 5) is 4.09. The number of fused-ring (bicyclic) bond motifs is 1. The topological polar surface area (TPSA) is 101 Å². The Bertz CT molecular complexity index is 771. The number of nitrogens with two attached hydrogens (primary N) is 1. The molecule has 1 fully saturated rings. The number of sulfonamides is 1. The highest BCUT2D eigenvalue weighted by Gasteiger charge is 2.41. The van der Waals surface area contributed by atoms with Crippen LogP contribution < -0.4 is 5.73 Å².